The lowest BCUT2D eigenvalue weighted by Crippen LogP contribution is -2.19. The van der Waals surface area contributed by atoms with Crippen molar-refractivity contribution in [1.82, 2.24) is 14.6 Å². The number of ether oxygens (including phenoxy) is 1. The molecule has 4 aromatic rings. The predicted octanol–water partition coefficient (Wildman–Crippen LogP) is 3.74. The number of fused-ring (bicyclic) bond motifs is 1. The molecule has 0 aliphatic rings. The van der Waals surface area contributed by atoms with E-state index in [4.69, 9.17) is 14.3 Å². The maximum atomic E-state index is 12.7. The molecule has 3 aromatic heterocycles. The summed E-state index contributed by atoms with van der Waals surface area (Å²) in [4.78, 5) is 28.2. The number of aromatic nitrogens is 3. The summed E-state index contributed by atoms with van der Waals surface area (Å²) in [5, 5.41) is 16.8. The highest BCUT2D eigenvalue weighted by Gasteiger charge is 2.15. The molecule has 3 heterocycles. The van der Waals surface area contributed by atoms with Gasteiger partial charge in [0.2, 0.25) is 11.6 Å². The van der Waals surface area contributed by atoms with E-state index in [0.29, 0.717) is 27.7 Å². The summed E-state index contributed by atoms with van der Waals surface area (Å²) in [5.74, 6) is -0.808. The Hall–Kier alpha value is -4.66. The van der Waals surface area contributed by atoms with Gasteiger partial charge in [-0.3, -0.25) is 4.79 Å². The zero-order chi connectivity index (χ0) is 26.0. The molecule has 0 atom stereocenters. The Morgan fingerprint density at radius 3 is 2.53 bits per heavy atom. The van der Waals surface area contributed by atoms with Crippen LogP contribution in [-0.2, 0) is 5.41 Å². The first-order valence-corrected chi connectivity index (χ1v) is 11.2. The number of hydrogen-bond acceptors (Lipinski definition) is 6. The Kier molecular flexibility index (Phi) is 6.48. The fourth-order valence-corrected chi connectivity index (χ4v) is 3.49. The van der Waals surface area contributed by atoms with E-state index in [9.17, 15) is 9.59 Å². The van der Waals surface area contributed by atoms with Crippen LogP contribution in [0.2, 0.25) is 0 Å². The number of carbonyl (C=O) groups is 2. The number of benzene rings is 1. The Morgan fingerprint density at radius 1 is 1.17 bits per heavy atom. The van der Waals surface area contributed by atoms with Crippen LogP contribution >= 0.6 is 0 Å². The minimum absolute atomic E-state index is 0.00177. The average Bonchev–Trinajstić information content (AvgIpc) is 3.41. The van der Waals surface area contributed by atoms with Gasteiger partial charge in [-0.15, -0.1) is 5.10 Å². The number of furan rings is 1. The molecule has 1 amide bonds. The molecule has 36 heavy (non-hydrogen) atoms. The lowest BCUT2D eigenvalue weighted by atomic mass is 9.87. The normalized spacial score (nSPS) is 12.7. The fraction of sp³-hybridized carbons (Fsp3) is 0.185. The highest BCUT2D eigenvalue weighted by molar-refractivity contribution is 6.03. The number of amides is 1. The molecular weight excluding hydrogens is 460 g/mol. The van der Waals surface area contributed by atoms with Crippen molar-refractivity contribution < 1.29 is 23.8 Å². The van der Waals surface area contributed by atoms with Crippen molar-refractivity contribution >= 4 is 35.5 Å². The van der Waals surface area contributed by atoms with Crippen molar-refractivity contribution in [3.63, 3.8) is 0 Å². The summed E-state index contributed by atoms with van der Waals surface area (Å²) < 4.78 is 12.4. The van der Waals surface area contributed by atoms with Gasteiger partial charge in [-0.1, -0.05) is 39.5 Å². The number of nitrogens with zero attached hydrogens (tertiary/aromatic N) is 3. The molecule has 0 fully saturated rings. The summed E-state index contributed by atoms with van der Waals surface area (Å²) in [5.41, 5.74) is 2.57. The van der Waals surface area contributed by atoms with Crippen molar-refractivity contribution in [2.45, 2.75) is 33.1 Å². The van der Waals surface area contributed by atoms with E-state index >= 15 is 0 Å². The minimum atomic E-state index is -1.17. The van der Waals surface area contributed by atoms with Crippen molar-refractivity contribution in [3.8, 4) is 5.88 Å². The van der Waals surface area contributed by atoms with Crippen molar-refractivity contribution in [1.29, 1.82) is 0 Å². The van der Waals surface area contributed by atoms with Gasteiger partial charge in [0.1, 0.15) is 11.2 Å². The van der Waals surface area contributed by atoms with Crippen LogP contribution in [0, 0.1) is 0 Å². The van der Waals surface area contributed by atoms with E-state index in [-0.39, 0.29) is 28.7 Å². The van der Waals surface area contributed by atoms with Crippen LogP contribution in [0.5, 0.6) is 5.88 Å². The first-order chi connectivity index (χ1) is 17.0. The van der Waals surface area contributed by atoms with Gasteiger partial charge in [0.15, 0.2) is 11.5 Å². The number of allylic oxidation sites excluding steroid dienone is 1. The Bertz CT molecular complexity index is 1590. The van der Waals surface area contributed by atoms with Gasteiger partial charge in [-0.25, -0.2) is 14.3 Å². The summed E-state index contributed by atoms with van der Waals surface area (Å²) in [6.45, 7) is 11.9. The largest absolute Gasteiger partial charge is 0.475 e. The first kappa shape index (κ1) is 24.5. The monoisotopic (exact) mass is 486 g/mol. The number of carboxylic acid groups (broad SMARTS) is 1. The summed E-state index contributed by atoms with van der Waals surface area (Å²) >= 11 is 0. The molecule has 4 rings (SSSR count). The van der Waals surface area contributed by atoms with Gasteiger partial charge in [0, 0.05) is 16.8 Å². The van der Waals surface area contributed by atoms with E-state index in [1.54, 1.807) is 49.5 Å². The molecular formula is C27H26N4O5. The van der Waals surface area contributed by atoms with Crippen LogP contribution < -0.4 is 20.7 Å². The Labute approximate surface area is 207 Å². The average molecular weight is 487 g/mol. The number of aromatic carboxylic acids is 1. The third-order valence-corrected chi connectivity index (χ3v) is 5.37. The Morgan fingerprint density at radius 2 is 1.89 bits per heavy atom. The standard InChI is InChI=1S/C27H26N4O5/c1-6-20-18(14-21(36-20)26(33)34)13-16(2)35-24-12-11-23-28-22(15-31(23)30-24)29-25(32)17-7-9-19(10-8-17)27(3,4)5/h6-15H,2H2,1,3-5H3,(H,29,32)(H,33,34)/b18-13-,20-6+. The number of carboxylic acids is 1. The molecule has 0 saturated heterocycles. The fourth-order valence-electron chi connectivity index (χ4n) is 3.49. The van der Waals surface area contributed by atoms with Gasteiger partial charge in [0.25, 0.3) is 5.91 Å². The second kappa shape index (κ2) is 9.53. The molecule has 0 bridgehead atoms. The van der Waals surface area contributed by atoms with Crippen LogP contribution in [0.3, 0.4) is 0 Å². The topological polar surface area (TPSA) is 119 Å². The first-order valence-electron chi connectivity index (χ1n) is 11.2. The van der Waals surface area contributed by atoms with Crippen LogP contribution in [0.25, 0.3) is 17.8 Å². The molecule has 0 radical (unpaired) electrons. The van der Waals surface area contributed by atoms with Crippen molar-refractivity contribution in [2.75, 3.05) is 5.32 Å². The molecule has 2 N–H and O–H groups in total. The zero-order valence-electron chi connectivity index (χ0n) is 20.4. The summed E-state index contributed by atoms with van der Waals surface area (Å²) in [6.07, 6.45) is 4.78. The SMILES string of the molecule is C=C(/C=c1/cc(C(=O)O)o/c1=C/C)Oc1ccc2nc(NC(=O)c3ccc(C(C)(C)C)cc3)cn2n1. The van der Waals surface area contributed by atoms with Crippen LogP contribution in [0.1, 0.15) is 54.2 Å². The van der Waals surface area contributed by atoms with Crippen molar-refractivity contribution in [3.05, 3.63) is 88.5 Å². The second-order valence-electron chi connectivity index (χ2n) is 9.12. The number of imidazole rings is 1. The van der Waals surface area contributed by atoms with Crippen molar-refractivity contribution in [2.24, 2.45) is 0 Å². The molecule has 0 saturated carbocycles. The molecule has 0 spiro atoms. The number of carbonyl (C=O) groups excluding carboxylic acids is 1. The summed E-state index contributed by atoms with van der Waals surface area (Å²) in [6, 6.07) is 12.2. The molecule has 1 aromatic carbocycles. The van der Waals surface area contributed by atoms with E-state index < -0.39 is 5.97 Å². The maximum Gasteiger partial charge on any atom is 0.371 e. The predicted molar refractivity (Wildman–Crippen MR) is 135 cm³/mol. The van der Waals surface area contributed by atoms with E-state index in [2.05, 4.69) is 42.7 Å². The minimum Gasteiger partial charge on any atom is -0.475 e. The molecule has 0 aliphatic carbocycles. The second-order valence-corrected chi connectivity index (χ2v) is 9.12. The van der Waals surface area contributed by atoms with E-state index in [0.717, 1.165) is 5.56 Å². The van der Waals surface area contributed by atoms with Gasteiger partial charge >= 0.3 is 5.97 Å². The molecule has 9 heteroatoms. The smallest absolute Gasteiger partial charge is 0.371 e. The Balaban J connectivity index is 1.49. The zero-order valence-corrected chi connectivity index (χ0v) is 20.4. The molecule has 184 valence electrons. The van der Waals surface area contributed by atoms with Gasteiger partial charge in [-0.05, 0) is 54.3 Å². The van der Waals surface area contributed by atoms with E-state index in [1.165, 1.54) is 10.6 Å². The molecule has 0 aliphatic heterocycles. The lowest BCUT2D eigenvalue weighted by Gasteiger charge is -2.18. The molecule has 0 unspecified atom stereocenters. The third kappa shape index (κ3) is 5.35. The van der Waals surface area contributed by atoms with Gasteiger partial charge in [0.05, 0.1) is 6.20 Å². The van der Waals surface area contributed by atoms with Gasteiger partial charge in [-0.2, -0.15) is 0 Å². The number of rotatable bonds is 6. The number of anilines is 1. The highest BCUT2D eigenvalue weighted by atomic mass is 16.5. The van der Waals surface area contributed by atoms with Gasteiger partial charge < -0.3 is 19.6 Å². The lowest BCUT2D eigenvalue weighted by molar-refractivity contribution is 0.0660. The quantitative estimate of drug-likeness (QED) is 0.399. The van der Waals surface area contributed by atoms with Crippen LogP contribution in [0.4, 0.5) is 5.82 Å². The third-order valence-electron chi connectivity index (χ3n) is 5.37. The van der Waals surface area contributed by atoms with Crippen LogP contribution in [-0.4, -0.2) is 31.6 Å². The number of nitrogens with one attached hydrogen (secondary N) is 1. The number of hydrogen-bond donors (Lipinski definition) is 2. The van der Waals surface area contributed by atoms with Crippen LogP contribution in [0.15, 0.2) is 65.4 Å². The maximum absolute atomic E-state index is 12.7. The highest BCUT2D eigenvalue weighted by Crippen LogP contribution is 2.22. The molecule has 9 nitrogen and oxygen atoms in total. The summed E-state index contributed by atoms with van der Waals surface area (Å²) in [7, 11) is 0. The van der Waals surface area contributed by atoms with E-state index in [1.807, 2.05) is 12.1 Å².